The molecule has 0 heterocycles. The molecule has 68 valence electrons. The normalized spacial score (nSPS) is 25.1. The summed E-state index contributed by atoms with van der Waals surface area (Å²) in [5, 5.41) is 8.49. The van der Waals surface area contributed by atoms with Crippen LogP contribution in [-0.4, -0.2) is 17.5 Å². The van der Waals surface area contributed by atoms with Gasteiger partial charge in [-0.25, -0.2) is 0 Å². The molecule has 0 amide bonds. The molecule has 0 aromatic heterocycles. The molecule has 12 heavy (non-hydrogen) atoms. The third kappa shape index (κ3) is 2.78. The SMILES string of the molecule is O=C1CCCCC1C/C=C\CO. The van der Waals surface area contributed by atoms with E-state index in [-0.39, 0.29) is 12.5 Å². The van der Waals surface area contributed by atoms with Crippen molar-refractivity contribution < 1.29 is 9.90 Å². The minimum atomic E-state index is 0.0842. The van der Waals surface area contributed by atoms with E-state index in [9.17, 15) is 4.79 Å². The first kappa shape index (κ1) is 9.46. The van der Waals surface area contributed by atoms with Gasteiger partial charge < -0.3 is 5.11 Å². The van der Waals surface area contributed by atoms with Crippen LogP contribution in [0.5, 0.6) is 0 Å². The molecule has 2 nitrogen and oxygen atoms in total. The first-order valence-electron chi connectivity index (χ1n) is 4.63. The summed E-state index contributed by atoms with van der Waals surface area (Å²) in [4.78, 5) is 11.3. The smallest absolute Gasteiger partial charge is 0.136 e. The highest BCUT2D eigenvalue weighted by atomic mass is 16.2. The van der Waals surface area contributed by atoms with Gasteiger partial charge in [-0.2, -0.15) is 0 Å². The van der Waals surface area contributed by atoms with Gasteiger partial charge in [-0.15, -0.1) is 0 Å². The van der Waals surface area contributed by atoms with Gasteiger partial charge in [-0.3, -0.25) is 4.79 Å². The van der Waals surface area contributed by atoms with Crippen molar-refractivity contribution in [3.8, 4) is 0 Å². The molecule has 0 aromatic rings. The second-order valence-electron chi connectivity index (χ2n) is 3.30. The van der Waals surface area contributed by atoms with Crippen LogP contribution in [0.1, 0.15) is 32.1 Å². The van der Waals surface area contributed by atoms with Gasteiger partial charge in [0.15, 0.2) is 0 Å². The summed E-state index contributed by atoms with van der Waals surface area (Å²) in [6.07, 6.45) is 8.49. The van der Waals surface area contributed by atoms with E-state index in [4.69, 9.17) is 5.11 Å². The number of allylic oxidation sites excluding steroid dienone is 1. The van der Waals surface area contributed by atoms with Crippen molar-refractivity contribution in [3.05, 3.63) is 12.2 Å². The topological polar surface area (TPSA) is 37.3 Å². The lowest BCUT2D eigenvalue weighted by molar-refractivity contribution is -0.124. The van der Waals surface area contributed by atoms with Gasteiger partial charge in [0.2, 0.25) is 0 Å². The zero-order valence-electron chi connectivity index (χ0n) is 7.33. The predicted octanol–water partition coefficient (Wildman–Crippen LogP) is 1.68. The molecule has 0 spiro atoms. The summed E-state index contributed by atoms with van der Waals surface area (Å²) >= 11 is 0. The number of carbonyl (C=O) groups is 1. The number of hydrogen-bond acceptors (Lipinski definition) is 2. The van der Waals surface area contributed by atoms with Crippen LogP contribution >= 0.6 is 0 Å². The van der Waals surface area contributed by atoms with E-state index in [1.807, 2.05) is 6.08 Å². The lowest BCUT2D eigenvalue weighted by atomic mass is 9.86. The molecule has 1 aliphatic rings. The number of aliphatic hydroxyl groups is 1. The minimum Gasteiger partial charge on any atom is -0.392 e. The molecule has 1 unspecified atom stereocenters. The Morgan fingerprint density at radius 3 is 2.92 bits per heavy atom. The van der Waals surface area contributed by atoms with Crippen molar-refractivity contribution >= 4 is 5.78 Å². The van der Waals surface area contributed by atoms with E-state index in [2.05, 4.69) is 0 Å². The largest absolute Gasteiger partial charge is 0.392 e. The molecule has 0 aromatic carbocycles. The zero-order valence-corrected chi connectivity index (χ0v) is 7.33. The van der Waals surface area contributed by atoms with E-state index in [0.29, 0.717) is 5.78 Å². The van der Waals surface area contributed by atoms with Gasteiger partial charge in [0, 0.05) is 12.3 Å². The molecular formula is C10H16O2. The number of hydrogen-bond donors (Lipinski definition) is 1. The maximum Gasteiger partial charge on any atom is 0.136 e. The highest BCUT2D eigenvalue weighted by molar-refractivity contribution is 5.81. The molecule has 1 rings (SSSR count). The Morgan fingerprint density at radius 1 is 1.42 bits per heavy atom. The van der Waals surface area contributed by atoms with Gasteiger partial charge >= 0.3 is 0 Å². The van der Waals surface area contributed by atoms with Crippen molar-refractivity contribution in [2.45, 2.75) is 32.1 Å². The molecule has 1 N–H and O–H groups in total. The number of carbonyl (C=O) groups excluding carboxylic acids is 1. The number of ketones is 1. The van der Waals surface area contributed by atoms with E-state index < -0.39 is 0 Å². The summed E-state index contributed by atoms with van der Waals surface area (Å²) in [7, 11) is 0. The van der Waals surface area contributed by atoms with Gasteiger partial charge in [-0.05, 0) is 19.3 Å². The Balaban J connectivity index is 2.29. The van der Waals surface area contributed by atoms with Gasteiger partial charge in [-0.1, -0.05) is 18.6 Å². The maximum atomic E-state index is 11.3. The lowest BCUT2D eigenvalue weighted by Crippen LogP contribution is -2.18. The fourth-order valence-corrected chi connectivity index (χ4v) is 1.64. The van der Waals surface area contributed by atoms with Crippen LogP contribution in [0.25, 0.3) is 0 Å². The third-order valence-electron chi connectivity index (χ3n) is 2.37. The second-order valence-corrected chi connectivity index (χ2v) is 3.30. The van der Waals surface area contributed by atoms with E-state index in [0.717, 1.165) is 25.7 Å². The second kappa shape index (κ2) is 5.09. The summed E-state index contributed by atoms with van der Waals surface area (Å²) in [5.41, 5.74) is 0. The molecule has 1 aliphatic carbocycles. The molecule has 0 bridgehead atoms. The van der Waals surface area contributed by atoms with Crippen LogP contribution in [0.3, 0.4) is 0 Å². The number of rotatable bonds is 3. The molecule has 1 fully saturated rings. The Hall–Kier alpha value is -0.630. The number of Topliss-reactive ketones (excluding diaryl/α,β-unsaturated/α-hetero) is 1. The molecule has 1 atom stereocenters. The van der Waals surface area contributed by atoms with Crippen LogP contribution in [0.15, 0.2) is 12.2 Å². The van der Waals surface area contributed by atoms with Crippen LogP contribution in [0.4, 0.5) is 0 Å². The summed E-state index contributed by atoms with van der Waals surface area (Å²) in [5.74, 6) is 0.644. The van der Waals surface area contributed by atoms with Gasteiger partial charge in [0.25, 0.3) is 0 Å². The summed E-state index contributed by atoms with van der Waals surface area (Å²) in [6.45, 7) is 0.0842. The first-order chi connectivity index (χ1) is 5.84. The van der Waals surface area contributed by atoms with Gasteiger partial charge in [0.05, 0.1) is 6.61 Å². The predicted molar refractivity (Wildman–Crippen MR) is 47.8 cm³/mol. The highest BCUT2D eigenvalue weighted by Gasteiger charge is 2.20. The standard InChI is InChI=1S/C10H16O2/c11-8-4-3-6-9-5-1-2-7-10(9)12/h3-4,9,11H,1-2,5-8H2/b4-3-. The highest BCUT2D eigenvalue weighted by Crippen LogP contribution is 2.23. The molecule has 0 aliphatic heterocycles. The fourth-order valence-electron chi connectivity index (χ4n) is 1.64. The average molecular weight is 168 g/mol. The van der Waals surface area contributed by atoms with Crippen molar-refractivity contribution in [2.24, 2.45) is 5.92 Å². The van der Waals surface area contributed by atoms with Crippen molar-refractivity contribution in [1.82, 2.24) is 0 Å². The van der Waals surface area contributed by atoms with E-state index in [1.165, 1.54) is 6.42 Å². The molecular weight excluding hydrogens is 152 g/mol. The summed E-state index contributed by atoms with van der Waals surface area (Å²) < 4.78 is 0. The Morgan fingerprint density at radius 2 is 2.25 bits per heavy atom. The van der Waals surface area contributed by atoms with Crippen molar-refractivity contribution in [2.75, 3.05) is 6.61 Å². The molecule has 0 radical (unpaired) electrons. The van der Waals surface area contributed by atoms with Crippen LogP contribution < -0.4 is 0 Å². The average Bonchev–Trinajstić information content (AvgIpc) is 2.09. The molecule has 2 heteroatoms. The van der Waals surface area contributed by atoms with Gasteiger partial charge in [0.1, 0.15) is 5.78 Å². The van der Waals surface area contributed by atoms with Crippen LogP contribution in [0.2, 0.25) is 0 Å². The maximum absolute atomic E-state index is 11.3. The lowest BCUT2D eigenvalue weighted by Gasteiger charge is -2.18. The quantitative estimate of drug-likeness (QED) is 0.651. The van der Waals surface area contributed by atoms with Crippen molar-refractivity contribution in [1.29, 1.82) is 0 Å². The molecule has 0 saturated heterocycles. The summed E-state index contributed by atoms with van der Waals surface area (Å²) in [6, 6.07) is 0. The monoisotopic (exact) mass is 168 g/mol. The minimum absolute atomic E-state index is 0.0842. The van der Waals surface area contributed by atoms with Crippen molar-refractivity contribution in [3.63, 3.8) is 0 Å². The first-order valence-corrected chi connectivity index (χ1v) is 4.63. The van der Waals surface area contributed by atoms with Crippen LogP contribution in [-0.2, 0) is 4.79 Å². The fraction of sp³-hybridized carbons (Fsp3) is 0.700. The van der Waals surface area contributed by atoms with E-state index in [1.54, 1.807) is 6.08 Å². The number of aliphatic hydroxyl groups excluding tert-OH is 1. The Labute approximate surface area is 73.3 Å². The van der Waals surface area contributed by atoms with Crippen LogP contribution in [0, 0.1) is 5.92 Å². The zero-order chi connectivity index (χ0) is 8.81. The molecule has 1 saturated carbocycles. The Kier molecular flexibility index (Phi) is 4.01. The van der Waals surface area contributed by atoms with E-state index >= 15 is 0 Å². The Bertz CT molecular complexity index is 173. The third-order valence-corrected chi connectivity index (χ3v) is 2.37.